The number of imidazole rings is 1. The predicted molar refractivity (Wildman–Crippen MR) is 270 cm³/mol. The first-order valence-electron chi connectivity index (χ1n) is 22.3. The molecule has 329 valence electrons. The first kappa shape index (κ1) is 45.8. The van der Waals surface area contributed by atoms with E-state index in [4.69, 9.17) is 9.40 Å². The summed E-state index contributed by atoms with van der Waals surface area (Å²) in [5, 5.41) is 12.8. The third-order valence-electron chi connectivity index (χ3n) is 12.0. The van der Waals surface area contributed by atoms with Crippen molar-refractivity contribution < 1.29 is 24.5 Å². The van der Waals surface area contributed by atoms with Crippen molar-refractivity contribution in [2.24, 2.45) is 0 Å². The molecule has 4 heterocycles. The van der Waals surface area contributed by atoms with Crippen molar-refractivity contribution in [1.29, 1.82) is 5.26 Å². The number of aromatic nitrogens is 4. The van der Waals surface area contributed by atoms with Crippen LogP contribution in [0.5, 0.6) is 0 Å². The number of fused-ring (bicyclic) bond motifs is 4. The summed E-state index contributed by atoms with van der Waals surface area (Å²) in [7, 11) is -1.60. The minimum absolute atomic E-state index is 0. The van der Waals surface area contributed by atoms with Crippen molar-refractivity contribution in [2.75, 3.05) is 0 Å². The summed E-state index contributed by atoms with van der Waals surface area (Å²) < 4.78 is 8.78. The molecule has 0 N–H and O–H groups in total. The van der Waals surface area contributed by atoms with E-state index in [-0.39, 0.29) is 20.1 Å². The van der Waals surface area contributed by atoms with Gasteiger partial charge in [0.1, 0.15) is 0 Å². The molecule has 0 aliphatic rings. The van der Waals surface area contributed by atoms with Crippen LogP contribution in [0, 0.1) is 30.4 Å². The van der Waals surface area contributed by atoms with Crippen LogP contribution in [-0.2, 0) is 20.1 Å². The molecular formula is C58H51IrN5OSi-2. The second-order valence-electron chi connectivity index (χ2n) is 18.2. The summed E-state index contributed by atoms with van der Waals surface area (Å²) in [6.45, 7) is 18.0. The Hall–Kier alpha value is -6.75. The van der Waals surface area contributed by atoms with Gasteiger partial charge in [0.15, 0.2) is 0 Å². The van der Waals surface area contributed by atoms with Crippen LogP contribution in [-0.4, -0.2) is 27.6 Å². The van der Waals surface area contributed by atoms with Gasteiger partial charge in [-0.3, -0.25) is 4.98 Å². The van der Waals surface area contributed by atoms with Crippen LogP contribution < -0.4 is 5.19 Å². The summed E-state index contributed by atoms with van der Waals surface area (Å²) in [5.74, 6) is 1.40. The SMILES string of the molecule is C[Si](C)(C)c1cnc(-c2[c-]cccc2)cc1-c1ccccc1C#N.Cc1ccc2c(n1)oc1c(-c3nc4ccccc4n3-c3c(C(C)C)cc(-c4ccccc4)cc3C(C)C)[c-]ccc12.[Ir]. The summed E-state index contributed by atoms with van der Waals surface area (Å²) in [6, 6.07) is 58.7. The molecule has 4 aromatic heterocycles. The average molecular weight is 1050 g/mol. The molecule has 0 saturated carbocycles. The molecule has 0 bridgehead atoms. The molecule has 0 amide bonds. The van der Waals surface area contributed by atoms with Crippen molar-refractivity contribution >= 4 is 46.4 Å². The molecule has 0 spiro atoms. The first-order chi connectivity index (χ1) is 31.4. The van der Waals surface area contributed by atoms with Crippen LogP contribution in [0.25, 0.3) is 83.7 Å². The Bertz CT molecular complexity index is 3370. The van der Waals surface area contributed by atoms with E-state index in [1.807, 2.05) is 79.9 Å². The zero-order chi connectivity index (χ0) is 45.4. The van der Waals surface area contributed by atoms with Crippen LogP contribution in [0.4, 0.5) is 0 Å². The molecule has 0 aliphatic heterocycles. The fourth-order valence-corrected chi connectivity index (χ4v) is 10.2. The standard InChI is InChI=1S/C37H32N3O.C21H19N2Si.Ir/c1-22(2)30-20-26(25-12-7-6-8-13-25)21-31(23(3)4)34(30)40-33-17-10-9-16-32(33)39-36(40)29-15-11-14-27-28-19-18-24(5)38-37(28)41-35(27)29;1-24(2,3)21-15-23-20(16-9-5-4-6-10-16)13-19(21)18-12-8-7-11-17(18)14-22;/h6-14,16-23H,1-5H3;4-9,11-13,15H,1-3H3;/q2*-1;. The number of nitriles is 1. The first-order valence-corrected chi connectivity index (χ1v) is 25.8. The minimum atomic E-state index is -1.60. The average Bonchev–Trinajstić information content (AvgIpc) is 3.89. The Morgan fingerprint density at radius 1 is 0.682 bits per heavy atom. The third kappa shape index (κ3) is 8.83. The summed E-state index contributed by atoms with van der Waals surface area (Å²) in [5.41, 5.74) is 16.0. The molecule has 6 aromatic carbocycles. The molecule has 8 heteroatoms. The molecule has 0 aliphatic carbocycles. The van der Waals surface area contributed by atoms with Gasteiger partial charge in [0.05, 0.1) is 42.1 Å². The van der Waals surface area contributed by atoms with Gasteiger partial charge in [-0.2, -0.15) is 5.26 Å². The van der Waals surface area contributed by atoms with Crippen molar-refractivity contribution in [3.05, 3.63) is 186 Å². The molecule has 0 atom stereocenters. The molecule has 66 heavy (non-hydrogen) atoms. The fourth-order valence-electron chi connectivity index (χ4n) is 8.71. The van der Waals surface area contributed by atoms with Gasteiger partial charge in [0.25, 0.3) is 0 Å². The van der Waals surface area contributed by atoms with Gasteiger partial charge < -0.3 is 14.0 Å². The normalized spacial score (nSPS) is 11.5. The van der Waals surface area contributed by atoms with E-state index < -0.39 is 8.07 Å². The number of rotatable bonds is 8. The molecular weight excluding hydrogens is 1000 g/mol. The number of hydrogen-bond donors (Lipinski definition) is 0. The molecule has 0 unspecified atom stereocenters. The predicted octanol–water partition coefficient (Wildman–Crippen LogP) is 14.6. The van der Waals surface area contributed by atoms with Crippen molar-refractivity contribution in [2.45, 2.75) is 66.1 Å². The maximum atomic E-state index is 9.50. The zero-order valence-corrected chi connectivity index (χ0v) is 42.0. The van der Waals surface area contributed by atoms with E-state index in [1.165, 1.54) is 33.1 Å². The van der Waals surface area contributed by atoms with E-state index in [2.05, 4.69) is 159 Å². The maximum absolute atomic E-state index is 9.50. The van der Waals surface area contributed by atoms with Crippen molar-refractivity contribution in [3.8, 4) is 56.7 Å². The van der Waals surface area contributed by atoms with Crippen LogP contribution in [0.15, 0.2) is 156 Å². The molecule has 10 rings (SSSR count). The molecule has 1 radical (unpaired) electrons. The van der Waals surface area contributed by atoms with Crippen LogP contribution in [0.3, 0.4) is 0 Å². The Balaban J connectivity index is 0.000000203. The number of pyridine rings is 2. The van der Waals surface area contributed by atoms with Crippen molar-refractivity contribution in [1.82, 2.24) is 19.5 Å². The second kappa shape index (κ2) is 19.0. The van der Waals surface area contributed by atoms with E-state index >= 15 is 0 Å². The van der Waals surface area contributed by atoms with Gasteiger partial charge in [-0.15, -0.1) is 54.1 Å². The molecule has 0 fully saturated rings. The smallest absolute Gasteiger partial charge is 0.216 e. The molecule has 6 nitrogen and oxygen atoms in total. The molecule has 0 saturated heterocycles. The van der Waals surface area contributed by atoms with Crippen LogP contribution in [0.1, 0.15) is 61.9 Å². The number of benzene rings is 6. The zero-order valence-electron chi connectivity index (χ0n) is 38.6. The quantitative estimate of drug-likeness (QED) is 0.112. The van der Waals surface area contributed by atoms with E-state index in [9.17, 15) is 5.26 Å². The van der Waals surface area contributed by atoms with Gasteiger partial charge in [-0.25, -0.2) is 4.98 Å². The third-order valence-corrected chi connectivity index (χ3v) is 14.0. The van der Waals surface area contributed by atoms with Gasteiger partial charge in [-0.05, 0) is 105 Å². The fraction of sp³-hybridized carbons (Fsp3) is 0.172. The Morgan fingerprint density at radius 3 is 2.08 bits per heavy atom. The van der Waals surface area contributed by atoms with E-state index in [1.54, 1.807) is 0 Å². The van der Waals surface area contributed by atoms with Crippen LogP contribution >= 0.6 is 0 Å². The summed E-state index contributed by atoms with van der Waals surface area (Å²) in [6.07, 6.45) is 1.99. The monoisotopic (exact) mass is 1050 g/mol. The van der Waals surface area contributed by atoms with E-state index in [0.29, 0.717) is 23.1 Å². The number of aryl methyl sites for hydroxylation is 1. The largest absolute Gasteiger partial charge is 0.486 e. The number of furan rings is 1. The number of nitrogens with zero attached hydrogens (tertiary/aromatic N) is 5. The van der Waals surface area contributed by atoms with Crippen LogP contribution in [0.2, 0.25) is 19.6 Å². The number of para-hydroxylation sites is 2. The second-order valence-corrected chi connectivity index (χ2v) is 23.3. The van der Waals surface area contributed by atoms with Gasteiger partial charge in [-0.1, -0.05) is 125 Å². The topological polar surface area (TPSA) is 80.5 Å². The summed E-state index contributed by atoms with van der Waals surface area (Å²) >= 11 is 0. The number of hydrogen-bond acceptors (Lipinski definition) is 5. The summed E-state index contributed by atoms with van der Waals surface area (Å²) in [4.78, 5) is 14.6. The Morgan fingerprint density at radius 2 is 1.38 bits per heavy atom. The van der Waals surface area contributed by atoms with E-state index in [0.717, 1.165) is 66.9 Å². The minimum Gasteiger partial charge on any atom is -0.486 e. The van der Waals surface area contributed by atoms with Crippen molar-refractivity contribution in [3.63, 3.8) is 0 Å². The molecule has 10 aromatic rings. The van der Waals surface area contributed by atoms with Gasteiger partial charge >= 0.3 is 0 Å². The van der Waals surface area contributed by atoms with Gasteiger partial charge in [0, 0.05) is 43.1 Å². The van der Waals surface area contributed by atoms with Gasteiger partial charge in [0.2, 0.25) is 5.71 Å². The Labute approximate surface area is 402 Å². The Kier molecular flexibility index (Phi) is 13.2. The maximum Gasteiger partial charge on any atom is 0.216 e.